The molecule has 0 heterocycles. The summed E-state index contributed by atoms with van der Waals surface area (Å²) < 4.78 is 0. The zero-order chi connectivity index (χ0) is 7.82. The normalized spacial score (nSPS) is 13.5. The molecule has 1 unspecified atom stereocenters. The maximum absolute atomic E-state index is 7.98. The van der Waals surface area contributed by atoms with E-state index in [-0.39, 0.29) is 12.0 Å². The lowest BCUT2D eigenvalue weighted by Crippen LogP contribution is -2.06. The third kappa shape index (κ3) is 6.62. The van der Waals surface area contributed by atoms with E-state index < -0.39 is 0 Å². The molecule has 10 heavy (non-hydrogen) atoms. The number of halogens is 2. The van der Waals surface area contributed by atoms with Gasteiger partial charge in [-0.1, -0.05) is 6.42 Å². The zero-order valence-electron chi connectivity index (χ0n) is 5.72. The van der Waals surface area contributed by atoms with E-state index >= 15 is 0 Å². The number of rotatable bonds is 6. The van der Waals surface area contributed by atoms with E-state index in [1.807, 2.05) is 0 Å². The van der Waals surface area contributed by atoms with Crippen molar-refractivity contribution in [3.05, 3.63) is 0 Å². The minimum atomic E-state index is -0.0896. The van der Waals surface area contributed by atoms with Gasteiger partial charge < -0.3 is 0 Å². The van der Waals surface area contributed by atoms with Gasteiger partial charge in [0.15, 0.2) is 0 Å². The van der Waals surface area contributed by atoms with E-state index in [0.29, 0.717) is 5.88 Å². The van der Waals surface area contributed by atoms with Gasteiger partial charge in [-0.05, 0) is 12.8 Å². The highest BCUT2D eigenvalue weighted by molar-refractivity contribution is 6.20. The average Bonchev–Trinajstić information content (AvgIpc) is 1.89. The zero-order valence-corrected chi connectivity index (χ0v) is 7.24. The van der Waals surface area contributed by atoms with E-state index in [4.69, 9.17) is 28.5 Å². The predicted molar refractivity (Wildman–Crippen MR) is 42.8 cm³/mol. The van der Waals surface area contributed by atoms with Crippen LogP contribution in [0.15, 0.2) is 0 Å². The molecule has 0 radical (unpaired) electrons. The lowest BCUT2D eigenvalue weighted by atomic mass is 10.2. The molecule has 0 saturated carbocycles. The Kier molecular flexibility index (Phi) is 7.99. The molecule has 1 N–H and O–H groups in total. The van der Waals surface area contributed by atoms with Crippen LogP contribution >= 0.6 is 23.2 Å². The molecule has 0 spiro atoms. The topological polar surface area (TPSA) is 29.5 Å². The van der Waals surface area contributed by atoms with Crippen LogP contribution in [0.25, 0.3) is 0 Å². The van der Waals surface area contributed by atoms with Crippen LogP contribution in [0, 0.1) is 0 Å². The van der Waals surface area contributed by atoms with Crippen LogP contribution in [-0.4, -0.2) is 23.1 Å². The van der Waals surface area contributed by atoms with Crippen molar-refractivity contribution in [3.63, 3.8) is 0 Å². The molecule has 0 aromatic carbocycles. The predicted octanol–water partition coefficient (Wildman–Crippen LogP) is 2.49. The highest BCUT2D eigenvalue weighted by Crippen LogP contribution is 2.07. The summed E-state index contributed by atoms with van der Waals surface area (Å²) in [5.74, 6) is 0.670. The van der Waals surface area contributed by atoms with Crippen molar-refractivity contribution in [1.82, 2.24) is 0 Å². The molecule has 2 nitrogen and oxygen atoms in total. The van der Waals surface area contributed by atoms with Crippen LogP contribution in [0.5, 0.6) is 0 Å². The van der Waals surface area contributed by atoms with Crippen molar-refractivity contribution in [1.29, 1.82) is 0 Å². The van der Waals surface area contributed by atoms with Gasteiger partial charge in [0.2, 0.25) is 0 Å². The smallest absolute Gasteiger partial charge is 0.0983 e. The third-order valence-corrected chi connectivity index (χ3v) is 1.77. The van der Waals surface area contributed by atoms with Gasteiger partial charge in [0.05, 0.1) is 12.0 Å². The number of hydrogen-bond donors (Lipinski definition) is 1. The molecule has 0 amide bonds. The van der Waals surface area contributed by atoms with E-state index in [1.165, 1.54) is 0 Å². The number of hydrogen-bond acceptors (Lipinski definition) is 2. The molecule has 0 aliphatic rings. The first-order chi connectivity index (χ1) is 4.81. The standard InChI is InChI=1S/C6H12Cl2O2/c7-4-2-1-3-6(8)5-10-9/h6,9H,1-5H2. The van der Waals surface area contributed by atoms with Crippen molar-refractivity contribution in [2.24, 2.45) is 0 Å². The van der Waals surface area contributed by atoms with Crippen molar-refractivity contribution < 1.29 is 10.1 Å². The van der Waals surface area contributed by atoms with Gasteiger partial charge in [0, 0.05) is 5.88 Å². The third-order valence-electron chi connectivity index (χ3n) is 1.16. The quantitative estimate of drug-likeness (QED) is 0.299. The Hall–Kier alpha value is 0.500. The van der Waals surface area contributed by atoms with Gasteiger partial charge >= 0.3 is 0 Å². The van der Waals surface area contributed by atoms with Crippen LogP contribution in [0.4, 0.5) is 0 Å². The van der Waals surface area contributed by atoms with Crippen LogP contribution in [0.2, 0.25) is 0 Å². The Morgan fingerprint density at radius 3 is 2.60 bits per heavy atom. The second-order valence-corrected chi connectivity index (χ2v) is 3.07. The fraction of sp³-hybridized carbons (Fsp3) is 1.00. The van der Waals surface area contributed by atoms with Crippen LogP contribution in [0.3, 0.4) is 0 Å². The first-order valence-corrected chi connectivity index (χ1v) is 4.24. The van der Waals surface area contributed by atoms with Crippen LogP contribution in [0.1, 0.15) is 19.3 Å². The Labute approximate surface area is 71.0 Å². The van der Waals surface area contributed by atoms with Gasteiger partial charge in [0.1, 0.15) is 0 Å². The molecule has 0 aliphatic carbocycles. The first-order valence-electron chi connectivity index (χ1n) is 3.27. The molecule has 0 saturated heterocycles. The summed E-state index contributed by atoms with van der Waals surface area (Å²) in [7, 11) is 0. The van der Waals surface area contributed by atoms with Gasteiger partial charge in [0.25, 0.3) is 0 Å². The molecule has 0 aromatic heterocycles. The summed E-state index contributed by atoms with van der Waals surface area (Å²) in [6.07, 6.45) is 2.80. The summed E-state index contributed by atoms with van der Waals surface area (Å²) in [6.45, 7) is 0.198. The molecule has 0 aromatic rings. The fourth-order valence-electron chi connectivity index (χ4n) is 0.625. The molecule has 4 heteroatoms. The Morgan fingerprint density at radius 2 is 2.10 bits per heavy atom. The highest BCUT2D eigenvalue weighted by atomic mass is 35.5. The lowest BCUT2D eigenvalue weighted by Gasteiger charge is -2.04. The second kappa shape index (κ2) is 7.61. The highest BCUT2D eigenvalue weighted by Gasteiger charge is 2.02. The minimum absolute atomic E-state index is 0.0896. The maximum atomic E-state index is 7.98. The Balaban J connectivity index is 2.97. The SMILES string of the molecule is OOCC(Cl)CCCCCl. The average molecular weight is 187 g/mol. The summed E-state index contributed by atoms with van der Waals surface area (Å²) in [5.41, 5.74) is 0. The molecule has 0 fully saturated rings. The molecule has 0 aliphatic heterocycles. The summed E-state index contributed by atoms with van der Waals surface area (Å²) in [5, 5.41) is 7.89. The number of alkyl halides is 2. The van der Waals surface area contributed by atoms with Crippen LogP contribution < -0.4 is 0 Å². The van der Waals surface area contributed by atoms with Crippen molar-refractivity contribution in [3.8, 4) is 0 Å². The van der Waals surface area contributed by atoms with Gasteiger partial charge in [-0.25, -0.2) is 4.89 Å². The monoisotopic (exact) mass is 186 g/mol. The van der Waals surface area contributed by atoms with Crippen molar-refractivity contribution in [2.45, 2.75) is 24.6 Å². The van der Waals surface area contributed by atoms with Crippen molar-refractivity contribution in [2.75, 3.05) is 12.5 Å². The molecule has 0 rings (SSSR count). The van der Waals surface area contributed by atoms with E-state index in [2.05, 4.69) is 4.89 Å². The second-order valence-electron chi connectivity index (χ2n) is 2.08. The maximum Gasteiger partial charge on any atom is 0.0983 e. The molecule has 62 valence electrons. The van der Waals surface area contributed by atoms with Crippen LogP contribution in [-0.2, 0) is 4.89 Å². The van der Waals surface area contributed by atoms with Gasteiger partial charge in [-0.2, -0.15) is 0 Å². The Bertz CT molecular complexity index is 70.8. The molecule has 0 bridgehead atoms. The first kappa shape index (κ1) is 10.5. The van der Waals surface area contributed by atoms with Crippen molar-refractivity contribution >= 4 is 23.2 Å². The molecular formula is C6H12Cl2O2. The largest absolute Gasteiger partial charge is 0.252 e. The fourth-order valence-corrected chi connectivity index (χ4v) is 1.02. The van der Waals surface area contributed by atoms with Gasteiger partial charge in [-0.3, -0.25) is 5.26 Å². The minimum Gasteiger partial charge on any atom is -0.252 e. The van der Waals surface area contributed by atoms with E-state index in [0.717, 1.165) is 19.3 Å². The van der Waals surface area contributed by atoms with E-state index in [9.17, 15) is 0 Å². The van der Waals surface area contributed by atoms with E-state index in [1.54, 1.807) is 0 Å². The molecular weight excluding hydrogens is 175 g/mol. The lowest BCUT2D eigenvalue weighted by molar-refractivity contribution is -0.241. The number of unbranched alkanes of at least 4 members (excludes halogenated alkanes) is 1. The summed E-state index contributed by atoms with van der Waals surface area (Å²) in [4.78, 5) is 3.87. The molecule has 1 atom stereocenters. The van der Waals surface area contributed by atoms with Gasteiger partial charge in [-0.15, -0.1) is 23.2 Å². The summed E-state index contributed by atoms with van der Waals surface area (Å²) >= 11 is 11.1. The summed E-state index contributed by atoms with van der Waals surface area (Å²) in [6, 6.07) is 0. The Morgan fingerprint density at radius 1 is 1.40 bits per heavy atom.